The van der Waals surface area contributed by atoms with Crippen LogP contribution >= 0.6 is 15.9 Å². The third-order valence-corrected chi connectivity index (χ3v) is 2.03. The summed E-state index contributed by atoms with van der Waals surface area (Å²) in [5, 5.41) is 20.9. The van der Waals surface area contributed by atoms with Crippen molar-refractivity contribution in [2.75, 3.05) is 0 Å². The Morgan fingerprint density at radius 2 is 1.80 bits per heavy atom. The monoisotopic (exact) mass is 274 g/mol. The first-order chi connectivity index (χ1) is 6.93. The van der Waals surface area contributed by atoms with E-state index in [4.69, 9.17) is 0 Å². The molecule has 7 nitrogen and oxygen atoms in total. The normalized spacial score (nSPS) is 9.67. The molecule has 0 saturated heterocycles. The van der Waals surface area contributed by atoms with Gasteiger partial charge in [0.05, 0.1) is 15.9 Å². The van der Waals surface area contributed by atoms with Crippen molar-refractivity contribution >= 4 is 32.0 Å². The lowest BCUT2D eigenvalue weighted by molar-refractivity contribution is -0.394. The van der Waals surface area contributed by atoms with Crippen LogP contribution < -0.4 is 0 Å². The zero-order chi connectivity index (χ0) is 11.6. The molecule has 0 N–H and O–H groups in total. The van der Waals surface area contributed by atoms with Crippen LogP contribution in [0.2, 0.25) is 0 Å². The van der Waals surface area contributed by atoms with E-state index < -0.39 is 25.9 Å². The SMILES string of the molecule is O=C(Br)c1ccc([N+](=O)[O-])cc1[N+](=O)[O-]. The third-order valence-electron chi connectivity index (χ3n) is 1.60. The van der Waals surface area contributed by atoms with E-state index >= 15 is 0 Å². The van der Waals surface area contributed by atoms with E-state index in [2.05, 4.69) is 15.9 Å². The lowest BCUT2D eigenvalue weighted by atomic mass is 10.2. The Bertz CT molecular complexity index is 459. The second kappa shape index (κ2) is 4.13. The summed E-state index contributed by atoms with van der Waals surface area (Å²) in [5.41, 5.74) is -1.24. The minimum absolute atomic E-state index is 0.217. The van der Waals surface area contributed by atoms with Crippen LogP contribution in [0.3, 0.4) is 0 Å². The average molecular weight is 275 g/mol. The maximum absolute atomic E-state index is 10.9. The fraction of sp³-hybridized carbons (Fsp3) is 0. The Kier molecular flexibility index (Phi) is 3.10. The molecule has 0 saturated carbocycles. The fourth-order valence-corrected chi connectivity index (χ4v) is 1.29. The highest BCUT2D eigenvalue weighted by atomic mass is 79.9. The predicted molar refractivity (Wildman–Crippen MR) is 53.0 cm³/mol. The molecule has 0 amide bonds. The molecule has 1 aromatic carbocycles. The first-order valence-corrected chi connectivity index (χ1v) is 4.35. The van der Waals surface area contributed by atoms with Crippen LogP contribution in [0.1, 0.15) is 10.4 Å². The largest absolute Gasteiger partial charge is 0.287 e. The highest BCUT2D eigenvalue weighted by molar-refractivity contribution is 9.18. The first kappa shape index (κ1) is 11.2. The number of benzene rings is 1. The summed E-state index contributed by atoms with van der Waals surface area (Å²) in [5.74, 6) is 0. The molecule has 15 heavy (non-hydrogen) atoms. The Morgan fingerprint density at radius 1 is 1.20 bits per heavy atom. The highest BCUT2D eigenvalue weighted by Gasteiger charge is 2.22. The van der Waals surface area contributed by atoms with Gasteiger partial charge in [0.25, 0.3) is 11.4 Å². The number of hydrogen-bond acceptors (Lipinski definition) is 5. The second-order valence-corrected chi connectivity index (χ2v) is 3.21. The predicted octanol–water partition coefficient (Wildman–Crippen LogP) is 2.04. The van der Waals surface area contributed by atoms with Gasteiger partial charge in [-0.1, -0.05) is 0 Å². The summed E-state index contributed by atoms with van der Waals surface area (Å²) in [6, 6.07) is 2.81. The zero-order valence-electron chi connectivity index (χ0n) is 7.05. The summed E-state index contributed by atoms with van der Waals surface area (Å²) in [6.45, 7) is 0. The van der Waals surface area contributed by atoms with Gasteiger partial charge in [0.2, 0.25) is 4.69 Å². The van der Waals surface area contributed by atoms with Crippen LogP contribution in [0.15, 0.2) is 18.2 Å². The molecule has 0 bridgehead atoms. The number of nitro benzene ring substituents is 2. The number of hydrogen-bond donors (Lipinski definition) is 0. The van der Waals surface area contributed by atoms with Crippen LogP contribution in [0.4, 0.5) is 11.4 Å². The second-order valence-electron chi connectivity index (χ2n) is 2.49. The number of nitro groups is 2. The molecular formula is C7H3BrN2O5. The van der Waals surface area contributed by atoms with Gasteiger partial charge < -0.3 is 0 Å². The van der Waals surface area contributed by atoms with E-state index in [1.165, 1.54) is 0 Å². The van der Waals surface area contributed by atoms with E-state index in [0.29, 0.717) is 0 Å². The van der Waals surface area contributed by atoms with Crippen LogP contribution in [0.5, 0.6) is 0 Å². The van der Waals surface area contributed by atoms with Gasteiger partial charge in [-0.2, -0.15) is 0 Å². The van der Waals surface area contributed by atoms with E-state index in [-0.39, 0.29) is 5.56 Å². The molecule has 78 valence electrons. The molecule has 1 rings (SSSR count). The molecule has 0 spiro atoms. The van der Waals surface area contributed by atoms with Gasteiger partial charge in [0, 0.05) is 6.07 Å². The van der Waals surface area contributed by atoms with Crippen LogP contribution in [0, 0.1) is 20.2 Å². The van der Waals surface area contributed by atoms with Crippen LogP contribution in [0.25, 0.3) is 0 Å². The standard InChI is InChI=1S/C7H3BrN2O5/c8-7(11)5-2-1-4(9(12)13)3-6(5)10(14)15/h1-3H. The van der Waals surface area contributed by atoms with Crippen molar-refractivity contribution < 1.29 is 14.6 Å². The minimum atomic E-state index is -0.846. The molecule has 0 aromatic heterocycles. The molecule has 0 atom stereocenters. The van der Waals surface area contributed by atoms with Crippen molar-refractivity contribution in [2.45, 2.75) is 0 Å². The highest BCUT2D eigenvalue weighted by Crippen LogP contribution is 2.26. The van der Waals surface area contributed by atoms with E-state index in [1.807, 2.05) is 0 Å². The van der Waals surface area contributed by atoms with Gasteiger partial charge in [0.1, 0.15) is 5.56 Å². The number of carbonyl (C=O) groups excluding carboxylic acids is 1. The summed E-state index contributed by atoms with van der Waals surface area (Å²) < 4.78 is -0.691. The van der Waals surface area contributed by atoms with Gasteiger partial charge in [-0.3, -0.25) is 25.0 Å². The molecule has 0 aliphatic carbocycles. The molecule has 0 aliphatic heterocycles. The van der Waals surface area contributed by atoms with Gasteiger partial charge in [-0.05, 0) is 22.0 Å². The minimum Gasteiger partial charge on any atom is -0.281 e. The summed E-state index contributed by atoms with van der Waals surface area (Å²) in [4.78, 5) is 30.1. The Morgan fingerprint density at radius 3 is 2.20 bits per heavy atom. The first-order valence-electron chi connectivity index (χ1n) is 3.56. The Balaban J connectivity index is 3.40. The molecule has 0 fully saturated rings. The van der Waals surface area contributed by atoms with Crippen molar-refractivity contribution in [3.63, 3.8) is 0 Å². The van der Waals surface area contributed by atoms with Gasteiger partial charge in [0.15, 0.2) is 0 Å². The zero-order valence-corrected chi connectivity index (χ0v) is 8.63. The summed E-state index contributed by atoms with van der Waals surface area (Å²) >= 11 is 2.55. The van der Waals surface area contributed by atoms with E-state index in [1.54, 1.807) is 0 Å². The smallest absolute Gasteiger partial charge is 0.281 e. The molecule has 8 heteroatoms. The lowest BCUT2D eigenvalue weighted by Gasteiger charge is -1.97. The molecule has 0 unspecified atom stereocenters. The van der Waals surface area contributed by atoms with E-state index in [0.717, 1.165) is 18.2 Å². The van der Waals surface area contributed by atoms with Crippen LogP contribution in [-0.4, -0.2) is 14.5 Å². The van der Waals surface area contributed by atoms with Crippen molar-refractivity contribution in [1.29, 1.82) is 0 Å². The van der Waals surface area contributed by atoms with E-state index in [9.17, 15) is 25.0 Å². The van der Waals surface area contributed by atoms with Crippen molar-refractivity contribution in [1.82, 2.24) is 0 Å². The quantitative estimate of drug-likeness (QED) is 0.477. The Labute approximate surface area is 91.1 Å². The lowest BCUT2D eigenvalue weighted by Crippen LogP contribution is -1.99. The maximum Gasteiger partial charge on any atom is 0.287 e. The van der Waals surface area contributed by atoms with Gasteiger partial charge >= 0.3 is 0 Å². The number of carbonyl (C=O) groups is 1. The number of halogens is 1. The van der Waals surface area contributed by atoms with Crippen molar-refractivity contribution in [3.05, 3.63) is 44.0 Å². The van der Waals surface area contributed by atoms with Gasteiger partial charge in [-0.25, -0.2) is 0 Å². The van der Waals surface area contributed by atoms with Crippen LogP contribution in [-0.2, 0) is 0 Å². The number of nitrogens with zero attached hydrogens (tertiary/aromatic N) is 2. The maximum atomic E-state index is 10.9. The van der Waals surface area contributed by atoms with Crippen molar-refractivity contribution in [3.8, 4) is 0 Å². The average Bonchev–Trinajstić information content (AvgIpc) is 2.16. The fourth-order valence-electron chi connectivity index (χ4n) is 0.951. The molecule has 0 aliphatic rings. The summed E-state index contributed by atoms with van der Waals surface area (Å²) in [7, 11) is 0. The van der Waals surface area contributed by atoms with Crippen molar-refractivity contribution in [2.24, 2.45) is 0 Å². The molecule has 0 heterocycles. The van der Waals surface area contributed by atoms with Gasteiger partial charge in [-0.15, -0.1) is 0 Å². The topological polar surface area (TPSA) is 103 Å². The molecular weight excluding hydrogens is 272 g/mol. The third kappa shape index (κ3) is 2.34. The number of rotatable bonds is 3. The Hall–Kier alpha value is -1.83. The molecule has 0 radical (unpaired) electrons. The molecule has 1 aromatic rings. The number of non-ortho nitro benzene ring substituents is 1. The summed E-state index contributed by atoms with van der Waals surface area (Å²) in [6.07, 6.45) is 0.